The van der Waals surface area contributed by atoms with Gasteiger partial charge in [0.2, 0.25) is 0 Å². The van der Waals surface area contributed by atoms with Crippen molar-refractivity contribution >= 4 is 28.4 Å². The molecule has 0 bridgehead atoms. The molecule has 0 saturated carbocycles. The Morgan fingerprint density at radius 1 is 0.955 bits per heavy atom. The molecule has 1 saturated heterocycles. The molecule has 2 heterocycles. The summed E-state index contributed by atoms with van der Waals surface area (Å²) in [6.07, 6.45) is 3.00. The Morgan fingerprint density at radius 2 is 1.77 bits per heavy atom. The number of methoxy groups -OCH3 is 1. The lowest BCUT2D eigenvalue weighted by Crippen LogP contribution is -2.37. The highest BCUT2D eigenvalue weighted by atomic mass is 19.1. The molecule has 1 aliphatic rings. The van der Waals surface area contributed by atoms with Crippen LogP contribution in [0.5, 0.6) is 23.0 Å². The number of amides is 2. The van der Waals surface area contributed by atoms with Gasteiger partial charge < -0.3 is 29.6 Å². The number of nitrogens with zero attached hydrogens (tertiary/aromatic N) is 2. The number of morpholine rings is 1. The largest absolute Gasteiger partial charge is 0.493 e. The van der Waals surface area contributed by atoms with Crippen LogP contribution in [0.15, 0.2) is 72.9 Å². The van der Waals surface area contributed by atoms with Gasteiger partial charge in [0.15, 0.2) is 23.1 Å². The lowest BCUT2D eigenvalue weighted by atomic mass is 10.1. The van der Waals surface area contributed by atoms with Crippen LogP contribution in [0.1, 0.15) is 12.0 Å². The smallest absolute Gasteiger partial charge is 0.313 e. The van der Waals surface area contributed by atoms with Gasteiger partial charge in [0.1, 0.15) is 5.75 Å². The summed E-state index contributed by atoms with van der Waals surface area (Å²) in [4.78, 5) is 31.3. The Bertz CT molecular complexity index is 1580. The average molecular weight is 603 g/mol. The highest BCUT2D eigenvalue weighted by molar-refractivity contribution is 6.39. The van der Waals surface area contributed by atoms with Crippen LogP contribution >= 0.6 is 0 Å². The minimum Gasteiger partial charge on any atom is -0.493 e. The number of nitrogens with one attached hydrogen (secondary N) is 2. The number of hydrogen-bond donors (Lipinski definition) is 2. The number of halogens is 1. The Hall–Kier alpha value is -4.74. The molecule has 1 fully saturated rings. The van der Waals surface area contributed by atoms with Crippen LogP contribution in [0.3, 0.4) is 0 Å². The predicted octanol–water partition coefficient (Wildman–Crippen LogP) is 4.57. The van der Waals surface area contributed by atoms with Crippen molar-refractivity contribution in [2.75, 3.05) is 58.4 Å². The molecule has 0 atom stereocenters. The third-order valence-electron chi connectivity index (χ3n) is 7.12. The SMILES string of the molecule is COc1cc2c(Oc3ccc(NC(=O)C(=O)NCCc4ccccc4)cc3F)ccnc2cc1OCCCN1CCOCC1. The lowest BCUT2D eigenvalue weighted by Gasteiger charge is -2.26. The minimum absolute atomic E-state index is 0.0646. The van der Waals surface area contributed by atoms with E-state index in [2.05, 4.69) is 20.5 Å². The number of benzene rings is 3. The van der Waals surface area contributed by atoms with E-state index in [0.717, 1.165) is 50.9 Å². The number of ether oxygens (including phenoxy) is 4. The van der Waals surface area contributed by atoms with Crippen molar-refractivity contribution < 1.29 is 32.9 Å². The van der Waals surface area contributed by atoms with Gasteiger partial charge in [0.25, 0.3) is 0 Å². The first-order valence-corrected chi connectivity index (χ1v) is 14.5. The predicted molar refractivity (Wildman–Crippen MR) is 164 cm³/mol. The van der Waals surface area contributed by atoms with Gasteiger partial charge in [-0.15, -0.1) is 0 Å². The first-order chi connectivity index (χ1) is 21.5. The molecule has 44 heavy (non-hydrogen) atoms. The van der Waals surface area contributed by atoms with Crippen molar-refractivity contribution in [1.82, 2.24) is 15.2 Å². The van der Waals surface area contributed by atoms with Crippen LogP contribution in [-0.4, -0.2) is 74.8 Å². The third-order valence-corrected chi connectivity index (χ3v) is 7.12. The molecular weight excluding hydrogens is 567 g/mol. The van der Waals surface area contributed by atoms with E-state index in [0.29, 0.717) is 47.7 Å². The maximum Gasteiger partial charge on any atom is 0.313 e. The first-order valence-electron chi connectivity index (χ1n) is 14.5. The number of hydrogen-bond acceptors (Lipinski definition) is 8. The summed E-state index contributed by atoms with van der Waals surface area (Å²) in [5.41, 5.74) is 1.75. The second kappa shape index (κ2) is 15.1. The summed E-state index contributed by atoms with van der Waals surface area (Å²) in [6.45, 7) is 5.10. The van der Waals surface area contributed by atoms with Crippen molar-refractivity contribution in [3.63, 3.8) is 0 Å². The Morgan fingerprint density at radius 3 is 2.55 bits per heavy atom. The van der Waals surface area contributed by atoms with Gasteiger partial charge in [-0.1, -0.05) is 30.3 Å². The van der Waals surface area contributed by atoms with Gasteiger partial charge >= 0.3 is 11.8 Å². The second-order valence-corrected chi connectivity index (χ2v) is 10.2. The Labute approximate surface area is 255 Å². The number of rotatable bonds is 12. The van der Waals surface area contributed by atoms with E-state index in [1.54, 1.807) is 31.5 Å². The molecule has 3 aromatic carbocycles. The quantitative estimate of drug-likeness (QED) is 0.179. The zero-order valence-corrected chi connectivity index (χ0v) is 24.5. The van der Waals surface area contributed by atoms with Gasteiger partial charge in [0, 0.05) is 55.6 Å². The van der Waals surface area contributed by atoms with E-state index in [-0.39, 0.29) is 11.4 Å². The van der Waals surface area contributed by atoms with Gasteiger partial charge in [-0.3, -0.25) is 19.5 Å². The van der Waals surface area contributed by atoms with E-state index < -0.39 is 17.6 Å². The van der Waals surface area contributed by atoms with Crippen molar-refractivity contribution in [2.45, 2.75) is 12.8 Å². The molecule has 10 nitrogen and oxygen atoms in total. The lowest BCUT2D eigenvalue weighted by molar-refractivity contribution is -0.136. The zero-order chi connectivity index (χ0) is 30.7. The standard InChI is InChI=1S/C33H35FN4O6/c1-41-30-21-25-27(22-31(30)43-17-5-14-38-15-18-42-19-16-38)35-13-11-28(25)44-29-9-8-24(20-26(29)34)37-33(40)32(39)36-12-10-23-6-3-2-4-7-23/h2-4,6-9,11,13,20-22H,5,10,12,14-19H2,1H3,(H,36,39)(H,37,40). The maximum absolute atomic E-state index is 15.0. The van der Waals surface area contributed by atoms with Crippen molar-refractivity contribution in [2.24, 2.45) is 0 Å². The van der Waals surface area contributed by atoms with Crippen molar-refractivity contribution in [3.8, 4) is 23.0 Å². The number of carbonyl (C=O) groups is 2. The number of aromatic nitrogens is 1. The van der Waals surface area contributed by atoms with Gasteiger partial charge in [-0.25, -0.2) is 4.39 Å². The highest BCUT2D eigenvalue weighted by Gasteiger charge is 2.17. The monoisotopic (exact) mass is 602 g/mol. The molecule has 2 N–H and O–H groups in total. The van der Waals surface area contributed by atoms with Crippen molar-refractivity contribution in [1.29, 1.82) is 0 Å². The van der Waals surface area contributed by atoms with E-state index >= 15 is 4.39 Å². The van der Waals surface area contributed by atoms with E-state index in [9.17, 15) is 9.59 Å². The topological polar surface area (TPSA) is 111 Å². The zero-order valence-electron chi connectivity index (χ0n) is 24.5. The van der Waals surface area contributed by atoms with Gasteiger partial charge in [-0.05, 0) is 42.7 Å². The fourth-order valence-corrected chi connectivity index (χ4v) is 4.80. The van der Waals surface area contributed by atoms with Crippen LogP contribution in [0, 0.1) is 5.82 Å². The molecule has 1 aromatic heterocycles. The number of anilines is 1. The van der Waals surface area contributed by atoms with E-state index in [1.807, 2.05) is 30.3 Å². The van der Waals surface area contributed by atoms with Gasteiger partial charge in [-0.2, -0.15) is 0 Å². The molecule has 0 radical (unpaired) electrons. The molecule has 230 valence electrons. The first kappa shape index (κ1) is 30.7. The summed E-state index contributed by atoms with van der Waals surface area (Å²) < 4.78 is 37.9. The van der Waals surface area contributed by atoms with E-state index in [1.165, 1.54) is 12.1 Å². The minimum atomic E-state index is -0.891. The maximum atomic E-state index is 15.0. The van der Waals surface area contributed by atoms with Crippen LogP contribution < -0.4 is 24.8 Å². The molecule has 11 heteroatoms. The van der Waals surface area contributed by atoms with Gasteiger partial charge in [0.05, 0.1) is 32.4 Å². The number of pyridine rings is 1. The molecular formula is C33H35FN4O6. The van der Waals surface area contributed by atoms with Crippen molar-refractivity contribution in [3.05, 3.63) is 84.3 Å². The summed E-state index contributed by atoms with van der Waals surface area (Å²) in [5.74, 6) is -1.06. The van der Waals surface area contributed by atoms with Crippen LogP contribution in [0.4, 0.5) is 10.1 Å². The number of carbonyl (C=O) groups excluding carboxylic acids is 2. The Balaban J connectivity index is 1.19. The summed E-state index contributed by atoms with van der Waals surface area (Å²) >= 11 is 0. The Kier molecular flexibility index (Phi) is 10.6. The van der Waals surface area contributed by atoms with E-state index in [4.69, 9.17) is 18.9 Å². The number of fused-ring (bicyclic) bond motifs is 1. The van der Waals surface area contributed by atoms with Crippen LogP contribution in [0.2, 0.25) is 0 Å². The molecule has 0 aliphatic carbocycles. The van der Waals surface area contributed by atoms with Crippen LogP contribution in [0.25, 0.3) is 10.9 Å². The summed E-state index contributed by atoms with van der Waals surface area (Å²) in [6, 6.07) is 18.7. The molecule has 2 amide bonds. The summed E-state index contributed by atoms with van der Waals surface area (Å²) in [5, 5.41) is 5.59. The normalized spacial score (nSPS) is 13.3. The molecule has 1 aliphatic heterocycles. The highest BCUT2D eigenvalue weighted by Crippen LogP contribution is 2.38. The second-order valence-electron chi connectivity index (χ2n) is 10.2. The molecule has 0 spiro atoms. The molecule has 0 unspecified atom stereocenters. The fraction of sp³-hybridized carbons (Fsp3) is 0.303. The average Bonchev–Trinajstić information content (AvgIpc) is 3.05. The molecule has 5 rings (SSSR count). The molecule has 4 aromatic rings. The van der Waals surface area contributed by atoms with Crippen LogP contribution in [-0.2, 0) is 20.7 Å². The summed E-state index contributed by atoms with van der Waals surface area (Å²) in [7, 11) is 1.55. The fourth-order valence-electron chi connectivity index (χ4n) is 4.80. The third kappa shape index (κ3) is 8.21.